The number of hydrogen-bond donors (Lipinski definition) is 0. The van der Waals surface area contributed by atoms with Crippen LogP contribution in [0.5, 0.6) is 0 Å². The van der Waals surface area contributed by atoms with Gasteiger partial charge in [-0.15, -0.1) is 11.3 Å². The van der Waals surface area contributed by atoms with Crippen molar-refractivity contribution in [1.29, 1.82) is 0 Å². The molecule has 29 heavy (non-hydrogen) atoms. The molecule has 0 N–H and O–H groups in total. The first-order valence-electron chi connectivity index (χ1n) is 10.9. The molecule has 0 bridgehead atoms. The highest BCUT2D eigenvalue weighted by Crippen LogP contribution is 2.26. The summed E-state index contributed by atoms with van der Waals surface area (Å²) in [6.07, 6.45) is 6.36. The standard InChI is InChI=1S/C24H30N2O2S/c27-23(21-8-4-14-26(18-21)24(28)22-9-5-17-29-22)25-15-12-20(13-16-25)11-10-19-6-2-1-3-7-19/h1-3,5-7,9,17,20-21H,4,8,10-16,18H2. The number of carbonyl (C=O) groups excluding carboxylic acids is 2. The first kappa shape index (κ1) is 20.1. The van der Waals surface area contributed by atoms with Gasteiger partial charge in [0.25, 0.3) is 5.91 Å². The smallest absolute Gasteiger partial charge is 0.263 e. The minimum atomic E-state index is -0.0338. The van der Waals surface area contributed by atoms with Gasteiger partial charge in [0.15, 0.2) is 0 Å². The number of rotatable bonds is 5. The highest BCUT2D eigenvalue weighted by Gasteiger charge is 2.33. The van der Waals surface area contributed by atoms with E-state index in [1.165, 1.54) is 23.3 Å². The van der Waals surface area contributed by atoms with E-state index in [-0.39, 0.29) is 17.7 Å². The van der Waals surface area contributed by atoms with E-state index in [1.54, 1.807) is 0 Å². The number of nitrogens with zero attached hydrogens (tertiary/aromatic N) is 2. The van der Waals surface area contributed by atoms with Crippen molar-refractivity contribution < 1.29 is 9.59 Å². The van der Waals surface area contributed by atoms with Crippen LogP contribution in [0.2, 0.25) is 0 Å². The summed E-state index contributed by atoms with van der Waals surface area (Å²) in [7, 11) is 0. The molecule has 2 fully saturated rings. The maximum atomic E-state index is 13.1. The number of thiophene rings is 1. The van der Waals surface area contributed by atoms with Crippen LogP contribution in [0.1, 0.15) is 47.3 Å². The van der Waals surface area contributed by atoms with E-state index in [0.29, 0.717) is 12.5 Å². The van der Waals surface area contributed by atoms with E-state index >= 15 is 0 Å². The highest BCUT2D eigenvalue weighted by molar-refractivity contribution is 7.12. The van der Waals surface area contributed by atoms with Gasteiger partial charge in [-0.3, -0.25) is 9.59 Å². The largest absolute Gasteiger partial charge is 0.342 e. The summed E-state index contributed by atoms with van der Waals surface area (Å²) in [5, 5.41) is 1.93. The van der Waals surface area contributed by atoms with Gasteiger partial charge in [0.2, 0.25) is 5.91 Å². The van der Waals surface area contributed by atoms with E-state index in [9.17, 15) is 9.59 Å². The molecule has 0 aliphatic carbocycles. The maximum absolute atomic E-state index is 13.1. The van der Waals surface area contributed by atoms with Gasteiger partial charge < -0.3 is 9.80 Å². The molecule has 1 aromatic carbocycles. The van der Waals surface area contributed by atoms with Crippen LogP contribution in [0.15, 0.2) is 47.8 Å². The number of piperidine rings is 2. The lowest BCUT2D eigenvalue weighted by Gasteiger charge is -2.37. The molecule has 2 amide bonds. The van der Waals surface area contributed by atoms with Crippen molar-refractivity contribution in [3.8, 4) is 0 Å². The summed E-state index contributed by atoms with van der Waals surface area (Å²) in [6, 6.07) is 14.5. The normalized spacial score (nSPS) is 20.6. The Labute approximate surface area is 177 Å². The van der Waals surface area contributed by atoms with Crippen molar-refractivity contribution in [1.82, 2.24) is 9.80 Å². The number of carbonyl (C=O) groups is 2. The number of aryl methyl sites for hydroxylation is 1. The Morgan fingerprint density at radius 1 is 0.931 bits per heavy atom. The monoisotopic (exact) mass is 410 g/mol. The van der Waals surface area contributed by atoms with Crippen LogP contribution >= 0.6 is 11.3 Å². The van der Waals surface area contributed by atoms with Crippen LogP contribution in [-0.2, 0) is 11.2 Å². The quantitative estimate of drug-likeness (QED) is 0.730. The molecule has 2 aromatic rings. The Morgan fingerprint density at radius 2 is 1.72 bits per heavy atom. The minimum absolute atomic E-state index is 0.0338. The SMILES string of the molecule is O=C(c1cccs1)N1CCCC(C(=O)N2CCC(CCc3ccccc3)CC2)C1. The zero-order valence-corrected chi connectivity index (χ0v) is 17.8. The molecule has 0 radical (unpaired) electrons. The molecule has 2 aliphatic heterocycles. The van der Waals surface area contributed by atoms with Gasteiger partial charge in [-0.2, -0.15) is 0 Å². The lowest BCUT2D eigenvalue weighted by Crippen LogP contribution is -2.48. The molecule has 4 rings (SSSR count). The lowest BCUT2D eigenvalue weighted by atomic mass is 9.89. The van der Waals surface area contributed by atoms with Crippen molar-refractivity contribution in [2.75, 3.05) is 26.2 Å². The summed E-state index contributed by atoms with van der Waals surface area (Å²) in [6.45, 7) is 3.08. The average Bonchev–Trinajstić information content (AvgIpc) is 3.33. The van der Waals surface area contributed by atoms with Crippen LogP contribution in [0.3, 0.4) is 0 Å². The number of benzene rings is 1. The third-order valence-electron chi connectivity index (χ3n) is 6.40. The Hall–Kier alpha value is -2.14. The lowest BCUT2D eigenvalue weighted by molar-refractivity contribution is -0.138. The summed E-state index contributed by atoms with van der Waals surface area (Å²) in [4.78, 5) is 30.4. The topological polar surface area (TPSA) is 40.6 Å². The first-order valence-corrected chi connectivity index (χ1v) is 11.7. The van der Waals surface area contributed by atoms with E-state index in [2.05, 4.69) is 35.2 Å². The summed E-state index contributed by atoms with van der Waals surface area (Å²) >= 11 is 1.48. The van der Waals surface area contributed by atoms with Gasteiger partial charge in [0.05, 0.1) is 10.8 Å². The third kappa shape index (κ3) is 5.08. The fraction of sp³-hybridized carbons (Fsp3) is 0.500. The summed E-state index contributed by atoms with van der Waals surface area (Å²) < 4.78 is 0. The van der Waals surface area contributed by atoms with Crippen LogP contribution in [-0.4, -0.2) is 47.8 Å². The molecular weight excluding hydrogens is 380 g/mol. The van der Waals surface area contributed by atoms with Gasteiger partial charge in [0, 0.05) is 26.2 Å². The van der Waals surface area contributed by atoms with Crippen molar-refractivity contribution >= 4 is 23.2 Å². The first-order chi connectivity index (χ1) is 14.2. The molecule has 3 heterocycles. The van der Waals surface area contributed by atoms with E-state index in [0.717, 1.165) is 56.6 Å². The summed E-state index contributed by atoms with van der Waals surface area (Å²) in [5.41, 5.74) is 1.41. The molecular formula is C24H30N2O2S. The third-order valence-corrected chi connectivity index (χ3v) is 7.26. The molecule has 5 heteroatoms. The highest BCUT2D eigenvalue weighted by atomic mass is 32.1. The molecule has 1 unspecified atom stereocenters. The molecule has 0 spiro atoms. The van der Waals surface area contributed by atoms with Crippen LogP contribution < -0.4 is 0 Å². The molecule has 1 aromatic heterocycles. The number of hydrogen-bond acceptors (Lipinski definition) is 3. The zero-order valence-electron chi connectivity index (χ0n) is 17.0. The minimum Gasteiger partial charge on any atom is -0.342 e. The fourth-order valence-corrected chi connectivity index (χ4v) is 5.33. The molecule has 2 aliphatic rings. The van der Waals surface area contributed by atoms with Gasteiger partial charge in [-0.25, -0.2) is 0 Å². The van der Waals surface area contributed by atoms with Crippen LogP contribution in [0.4, 0.5) is 0 Å². The average molecular weight is 411 g/mol. The second kappa shape index (κ2) is 9.57. The van der Waals surface area contributed by atoms with Crippen LogP contribution in [0, 0.1) is 11.8 Å². The Kier molecular flexibility index (Phi) is 6.65. The van der Waals surface area contributed by atoms with Crippen molar-refractivity contribution in [3.05, 3.63) is 58.3 Å². The van der Waals surface area contributed by atoms with Gasteiger partial charge in [-0.05, 0) is 61.5 Å². The second-order valence-corrected chi connectivity index (χ2v) is 9.31. The van der Waals surface area contributed by atoms with E-state index in [1.807, 2.05) is 22.4 Å². The maximum Gasteiger partial charge on any atom is 0.263 e. The predicted molar refractivity (Wildman–Crippen MR) is 117 cm³/mol. The predicted octanol–water partition coefficient (Wildman–Crippen LogP) is 4.47. The second-order valence-electron chi connectivity index (χ2n) is 8.36. The molecule has 154 valence electrons. The van der Waals surface area contributed by atoms with Crippen LogP contribution in [0.25, 0.3) is 0 Å². The van der Waals surface area contributed by atoms with Gasteiger partial charge in [-0.1, -0.05) is 36.4 Å². The number of amides is 2. The Bertz CT molecular complexity index is 798. The van der Waals surface area contributed by atoms with Crippen molar-refractivity contribution in [3.63, 3.8) is 0 Å². The summed E-state index contributed by atoms with van der Waals surface area (Å²) in [5.74, 6) is 1.02. The Balaban J connectivity index is 1.25. The fourth-order valence-electron chi connectivity index (χ4n) is 4.63. The zero-order chi connectivity index (χ0) is 20.1. The Morgan fingerprint density at radius 3 is 2.45 bits per heavy atom. The van der Waals surface area contributed by atoms with Gasteiger partial charge in [0.1, 0.15) is 0 Å². The van der Waals surface area contributed by atoms with Crippen molar-refractivity contribution in [2.45, 2.75) is 38.5 Å². The van der Waals surface area contributed by atoms with Gasteiger partial charge >= 0.3 is 0 Å². The van der Waals surface area contributed by atoms with E-state index in [4.69, 9.17) is 0 Å². The van der Waals surface area contributed by atoms with E-state index < -0.39 is 0 Å². The molecule has 4 nitrogen and oxygen atoms in total. The molecule has 1 atom stereocenters. The van der Waals surface area contributed by atoms with Crippen molar-refractivity contribution in [2.24, 2.45) is 11.8 Å². The molecule has 0 saturated carbocycles. The molecule has 2 saturated heterocycles. The number of likely N-dealkylation sites (tertiary alicyclic amines) is 2.